The number of benzene rings is 3. The second kappa shape index (κ2) is 6.79. The fourth-order valence-corrected chi connectivity index (χ4v) is 2.28. The Labute approximate surface area is 134 Å². The maximum atomic E-state index is 14.4. The molecule has 1 N–H and O–H groups in total. The van der Waals surface area contributed by atoms with E-state index in [1.165, 1.54) is 0 Å². The smallest absolute Gasteiger partial charge is 0.222 e. The van der Waals surface area contributed by atoms with Gasteiger partial charge in [0.05, 0.1) is 0 Å². The van der Waals surface area contributed by atoms with Gasteiger partial charge in [-0.05, 0) is 17.2 Å². The highest BCUT2D eigenvalue weighted by molar-refractivity contribution is 6.08. The predicted molar refractivity (Wildman–Crippen MR) is 92.8 cm³/mol. The predicted octanol–water partition coefficient (Wildman–Crippen LogP) is 5.10. The van der Waals surface area contributed by atoms with Gasteiger partial charge < -0.3 is 0 Å². The molecular formula is C20H15FN2. The van der Waals surface area contributed by atoms with Crippen LogP contribution in [0, 0.1) is 5.41 Å². The van der Waals surface area contributed by atoms with Gasteiger partial charge in [-0.25, -0.2) is 0 Å². The first-order valence-electron chi connectivity index (χ1n) is 7.28. The molecule has 3 aromatic carbocycles. The topological polar surface area (TPSA) is 36.2 Å². The molecule has 0 unspecified atom stereocenters. The van der Waals surface area contributed by atoms with Crippen LogP contribution in [0.3, 0.4) is 0 Å². The molecule has 3 aromatic rings. The van der Waals surface area contributed by atoms with Crippen molar-refractivity contribution in [2.75, 3.05) is 0 Å². The second-order valence-corrected chi connectivity index (χ2v) is 5.06. The molecule has 0 saturated heterocycles. The van der Waals surface area contributed by atoms with Crippen LogP contribution < -0.4 is 0 Å². The van der Waals surface area contributed by atoms with Gasteiger partial charge in [0, 0.05) is 11.1 Å². The van der Waals surface area contributed by atoms with Crippen molar-refractivity contribution in [2.45, 2.75) is 0 Å². The quantitative estimate of drug-likeness (QED) is 0.516. The second-order valence-electron chi connectivity index (χ2n) is 5.06. The third-order valence-corrected chi connectivity index (χ3v) is 3.47. The van der Waals surface area contributed by atoms with Gasteiger partial charge in [0.1, 0.15) is 0 Å². The average Bonchev–Trinajstić information content (AvgIpc) is 2.63. The molecule has 2 nitrogen and oxygen atoms in total. The Morgan fingerprint density at radius 3 is 1.96 bits per heavy atom. The minimum atomic E-state index is -0.656. The number of halogens is 1. The molecule has 0 aromatic heterocycles. The number of hydrogen-bond donors (Lipinski definition) is 1. The SMILES string of the molecule is N=C(/N=C(\F)c1cccc(-c2ccccc2)c1)c1ccccc1. The van der Waals surface area contributed by atoms with Crippen molar-refractivity contribution in [3.8, 4) is 11.1 Å². The maximum Gasteiger partial charge on any atom is 0.222 e. The minimum absolute atomic E-state index is 0.0896. The average molecular weight is 302 g/mol. The van der Waals surface area contributed by atoms with Crippen molar-refractivity contribution >= 4 is 11.8 Å². The number of amidine groups is 1. The molecule has 0 spiro atoms. The normalized spacial score (nSPS) is 11.3. The summed E-state index contributed by atoms with van der Waals surface area (Å²) in [5, 5.41) is 7.90. The number of nitrogens with zero attached hydrogens (tertiary/aromatic N) is 1. The first kappa shape index (κ1) is 14.9. The van der Waals surface area contributed by atoms with Gasteiger partial charge in [0.25, 0.3) is 0 Å². The summed E-state index contributed by atoms with van der Waals surface area (Å²) in [6.45, 7) is 0. The van der Waals surface area contributed by atoms with Gasteiger partial charge >= 0.3 is 0 Å². The molecular weight excluding hydrogens is 287 g/mol. The van der Waals surface area contributed by atoms with Crippen LogP contribution in [0.4, 0.5) is 4.39 Å². The molecule has 0 aliphatic carbocycles. The van der Waals surface area contributed by atoms with Crippen LogP contribution >= 0.6 is 0 Å². The molecule has 0 heterocycles. The monoisotopic (exact) mass is 302 g/mol. The van der Waals surface area contributed by atoms with Gasteiger partial charge in [-0.2, -0.15) is 9.38 Å². The van der Waals surface area contributed by atoms with Crippen molar-refractivity contribution in [2.24, 2.45) is 4.99 Å². The summed E-state index contributed by atoms with van der Waals surface area (Å²) < 4.78 is 14.4. The van der Waals surface area contributed by atoms with E-state index in [1.807, 2.05) is 42.5 Å². The zero-order valence-electron chi connectivity index (χ0n) is 12.4. The Hall–Kier alpha value is -3.07. The lowest BCUT2D eigenvalue weighted by atomic mass is 10.0. The Bertz CT molecular complexity index is 840. The van der Waals surface area contributed by atoms with Crippen LogP contribution in [0.5, 0.6) is 0 Å². The lowest BCUT2D eigenvalue weighted by Crippen LogP contribution is -2.01. The van der Waals surface area contributed by atoms with Crippen molar-refractivity contribution in [3.63, 3.8) is 0 Å². The zero-order valence-corrected chi connectivity index (χ0v) is 12.4. The van der Waals surface area contributed by atoms with E-state index >= 15 is 0 Å². The van der Waals surface area contributed by atoms with Gasteiger partial charge in [0.2, 0.25) is 5.97 Å². The van der Waals surface area contributed by atoms with Crippen LogP contribution in [-0.4, -0.2) is 11.8 Å². The molecule has 3 rings (SSSR count). The third-order valence-electron chi connectivity index (χ3n) is 3.47. The van der Waals surface area contributed by atoms with E-state index < -0.39 is 5.97 Å². The molecule has 0 fully saturated rings. The highest BCUT2D eigenvalue weighted by Gasteiger charge is 2.07. The molecule has 3 heteroatoms. The van der Waals surface area contributed by atoms with Crippen LogP contribution in [0.25, 0.3) is 11.1 Å². The summed E-state index contributed by atoms with van der Waals surface area (Å²) >= 11 is 0. The fraction of sp³-hybridized carbons (Fsp3) is 0. The maximum absolute atomic E-state index is 14.4. The van der Waals surface area contributed by atoms with Crippen molar-refractivity contribution in [1.82, 2.24) is 0 Å². The number of hydrogen-bond acceptors (Lipinski definition) is 1. The number of aliphatic imine (C=N–C) groups is 1. The van der Waals surface area contributed by atoms with Gasteiger partial charge in [-0.3, -0.25) is 5.41 Å². The minimum Gasteiger partial charge on any atom is -0.282 e. The molecule has 0 bridgehead atoms. The first-order chi connectivity index (χ1) is 11.2. The molecule has 0 saturated carbocycles. The standard InChI is InChI=1S/C20H15FN2/c21-19(23-20(22)16-10-5-2-6-11-16)18-13-7-12-17(14-18)15-8-3-1-4-9-15/h1-14,22H/b22-20?,23-19-. The van der Waals surface area contributed by atoms with E-state index in [4.69, 9.17) is 5.41 Å². The van der Waals surface area contributed by atoms with Crippen molar-refractivity contribution in [3.05, 3.63) is 96.1 Å². The molecule has 0 aliphatic rings. The summed E-state index contributed by atoms with van der Waals surface area (Å²) in [6.07, 6.45) is 0. The van der Waals surface area contributed by atoms with Gasteiger partial charge in [0.15, 0.2) is 5.84 Å². The van der Waals surface area contributed by atoms with Crippen LogP contribution in [0.1, 0.15) is 11.1 Å². The van der Waals surface area contributed by atoms with Gasteiger partial charge in [-0.15, -0.1) is 0 Å². The number of nitrogens with one attached hydrogen (secondary N) is 1. The lowest BCUT2D eigenvalue weighted by Gasteiger charge is -2.04. The Balaban J connectivity index is 1.90. The molecule has 0 amide bonds. The fourth-order valence-electron chi connectivity index (χ4n) is 2.28. The molecule has 0 radical (unpaired) electrons. The van der Waals surface area contributed by atoms with E-state index in [2.05, 4.69) is 4.99 Å². The summed E-state index contributed by atoms with van der Waals surface area (Å²) in [7, 11) is 0. The van der Waals surface area contributed by atoms with E-state index in [0.717, 1.165) is 11.1 Å². The molecule has 23 heavy (non-hydrogen) atoms. The summed E-state index contributed by atoms with van der Waals surface area (Å²) in [5.74, 6) is -0.746. The summed E-state index contributed by atoms with van der Waals surface area (Å²) in [5.41, 5.74) is 2.88. The van der Waals surface area contributed by atoms with Gasteiger partial charge in [-0.1, -0.05) is 78.9 Å². The van der Waals surface area contributed by atoms with E-state index in [9.17, 15) is 4.39 Å². The van der Waals surface area contributed by atoms with Crippen molar-refractivity contribution < 1.29 is 4.39 Å². The lowest BCUT2D eigenvalue weighted by molar-refractivity contribution is 0.809. The molecule has 112 valence electrons. The van der Waals surface area contributed by atoms with Crippen LogP contribution in [-0.2, 0) is 0 Å². The Morgan fingerprint density at radius 1 is 0.696 bits per heavy atom. The van der Waals surface area contributed by atoms with Crippen LogP contribution in [0.15, 0.2) is 89.9 Å². The zero-order chi connectivity index (χ0) is 16.1. The first-order valence-corrected chi connectivity index (χ1v) is 7.28. The van der Waals surface area contributed by atoms with E-state index in [-0.39, 0.29) is 5.84 Å². The largest absolute Gasteiger partial charge is 0.282 e. The van der Waals surface area contributed by atoms with Crippen LogP contribution in [0.2, 0.25) is 0 Å². The summed E-state index contributed by atoms with van der Waals surface area (Å²) in [6, 6.07) is 25.8. The highest BCUT2D eigenvalue weighted by Crippen LogP contribution is 2.20. The third kappa shape index (κ3) is 3.58. The van der Waals surface area contributed by atoms with E-state index in [1.54, 1.807) is 42.5 Å². The Morgan fingerprint density at radius 2 is 1.26 bits per heavy atom. The summed E-state index contributed by atoms with van der Waals surface area (Å²) in [4.78, 5) is 3.79. The molecule has 0 atom stereocenters. The van der Waals surface area contributed by atoms with Crippen molar-refractivity contribution in [1.29, 1.82) is 5.41 Å². The molecule has 0 aliphatic heterocycles. The number of rotatable bonds is 3. The Kier molecular flexibility index (Phi) is 4.39. The van der Waals surface area contributed by atoms with E-state index in [0.29, 0.717) is 11.1 Å². The highest BCUT2D eigenvalue weighted by atomic mass is 19.1.